The second-order valence-corrected chi connectivity index (χ2v) is 3.88. The lowest BCUT2D eigenvalue weighted by Gasteiger charge is -2.04. The van der Waals surface area contributed by atoms with Crippen molar-refractivity contribution in [2.24, 2.45) is 0 Å². The maximum atomic E-state index is 11.7. The molecule has 3 nitrogen and oxygen atoms in total. The standard InChI is InChI=1S/C9H7ClN2O/c10-12-6-2-1-5-11-7(6)9(3-4-9)8(12)13/h1-2,5H,3-4H2. The number of carbonyl (C=O) groups is 1. The van der Waals surface area contributed by atoms with Crippen LogP contribution in [0.1, 0.15) is 18.5 Å². The van der Waals surface area contributed by atoms with Crippen LogP contribution in [0.5, 0.6) is 0 Å². The van der Waals surface area contributed by atoms with Crippen molar-refractivity contribution in [3.63, 3.8) is 0 Å². The minimum atomic E-state index is -0.349. The minimum Gasteiger partial charge on any atom is -0.272 e. The van der Waals surface area contributed by atoms with Gasteiger partial charge in [-0.1, -0.05) is 0 Å². The van der Waals surface area contributed by atoms with Crippen molar-refractivity contribution >= 4 is 23.4 Å². The molecule has 0 aromatic carbocycles. The Labute approximate surface area is 80.4 Å². The average molecular weight is 195 g/mol. The van der Waals surface area contributed by atoms with Gasteiger partial charge in [0.2, 0.25) is 0 Å². The van der Waals surface area contributed by atoms with Gasteiger partial charge in [-0.15, -0.1) is 0 Å². The van der Waals surface area contributed by atoms with Crippen LogP contribution in [0.3, 0.4) is 0 Å². The third kappa shape index (κ3) is 0.711. The van der Waals surface area contributed by atoms with E-state index in [4.69, 9.17) is 11.8 Å². The van der Waals surface area contributed by atoms with Crippen molar-refractivity contribution in [1.82, 2.24) is 4.98 Å². The predicted molar refractivity (Wildman–Crippen MR) is 48.5 cm³/mol. The fourth-order valence-corrected chi connectivity index (χ4v) is 2.20. The van der Waals surface area contributed by atoms with Gasteiger partial charge in [0.25, 0.3) is 5.91 Å². The highest BCUT2D eigenvalue weighted by Crippen LogP contribution is 2.56. The van der Waals surface area contributed by atoms with E-state index in [2.05, 4.69) is 4.98 Å². The first-order valence-electron chi connectivity index (χ1n) is 4.21. The van der Waals surface area contributed by atoms with E-state index in [0.717, 1.165) is 24.2 Å². The lowest BCUT2D eigenvalue weighted by molar-refractivity contribution is -0.119. The summed E-state index contributed by atoms with van der Waals surface area (Å²) in [6.07, 6.45) is 3.49. The average Bonchev–Trinajstić information content (AvgIpc) is 2.93. The summed E-state index contributed by atoms with van der Waals surface area (Å²) in [5.41, 5.74) is 1.26. The van der Waals surface area contributed by atoms with E-state index in [-0.39, 0.29) is 11.3 Å². The van der Waals surface area contributed by atoms with Crippen molar-refractivity contribution in [3.8, 4) is 0 Å². The summed E-state index contributed by atoms with van der Waals surface area (Å²) in [6, 6.07) is 3.63. The van der Waals surface area contributed by atoms with Crippen LogP contribution in [0.4, 0.5) is 5.69 Å². The van der Waals surface area contributed by atoms with Gasteiger partial charge in [0.05, 0.1) is 16.8 Å². The fourth-order valence-electron chi connectivity index (χ4n) is 1.90. The Bertz CT molecular complexity index is 400. The third-order valence-electron chi connectivity index (χ3n) is 2.79. The molecule has 4 heteroatoms. The number of pyridine rings is 1. The van der Waals surface area contributed by atoms with Crippen molar-refractivity contribution in [2.45, 2.75) is 18.3 Å². The third-order valence-corrected chi connectivity index (χ3v) is 3.12. The second kappa shape index (κ2) is 2.04. The number of halogens is 1. The molecule has 3 rings (SSSR count). The van der Waals surface area contributed by atoms with Gasteiger partial charge in [0.15, 0.2) is 0 Å². The summed E-state index contributed by atoms with van der Waals surface area (Å²) in [5, 5.41) is 0. The van der Waals surface area contributed by atoms with Crippen LogP contribution in [0.2, 0.25) is 0 Å². The summed E-state index contributed by atoms with van der Waals surface area (Å²) < 4.78 is 1.20. The van der Waals surface area contributed by atoms with E-state index in [1.54, 1.807) is 12.3 Å². The predicted octanol–water partition coefficient (Wildman–Crippen LogP) is 1.61. The molecular formula is C9H7ClN2O. The van der Waals surface area contributed by atoms with Gasteiger partial charge in [-0.2, -0.15) is 0 Å². The van der Waals surface area contributed by atoms with Crippen LogP contribution < -0.4 is 4.42 Å². The van der Waals surface area contributed by atoms with Gasteiger partial charge in [0, 0.05) is 18.0 Å². The number of nitrogens with zero attached hydrogens (tertiary/aromatic N) is 2. The summed E-state index contributed by atoms with van der Waals surface area (Å²) in [5.74, 6) is -0.0112. The van der Waals surface area contributed by atoms with Gasteiger partial charge >= 0.3 is 0 Å². The summed E-state index contributed by atoms with van der Waals surface area (Å²) >= 11 is 5.86. The van der Waals surface area contributed by atoms with Crippen molar-refractivity contribution in [3.05, 3.63) is 24.0 Å². The van der Waals surface area contributed by atoms with Crippen LogP contribution in [-0.4, -0.2) is 10.9 Å². The topological polar surface area (TPSA) is 33.2 Å². The Balaban J connectivity index is 2.27. The van der Waals surface area contributed by atoms with Crippen LogP contribution in [0.15, 0.2) is 18.3 Å². The monoisotopic (exact) mass is 194 g/mol. The van der Waals surface area contributed by atoms with Crippen LogP contribution in [0.25, 0.3) is 0 Å². The minimum absolute atomic E-state index is 0.0112. The molecule has 1 aliphatic heterocycles. The number of rotatable bonds is 0. The number of aromatic nitrogens is 1. The van der Waals surface area contributed by atoms with Crippen molar-refractivity contribution in [2.75, 3.05) is 4.42 Å². The number of amides is 1. The molecule has 66 valence electrons. The van der Waals surface area contributed by atoms with Crippen LogP contribution in [-0.2, 0) is 10.2 Å². The van der Waals surface area contributed by atoms with Crippen molar-refractivity contribution < 1.29 is 4.79 Å². The highest BCUT2D eigenvalue weighted by Gasteiger charge is 2.60. The molecule has 13 heavy (non-hydrogen) atoms. The van der Waals surface area contributed by atoms with E-state index < -0.39 is 0 Å². The molecular weight excluding hydrogens is 188 g/mol. The smallest absolute Gasteiger partial charge is 0.254 e. The number of hydrogen-bond acceptors (Lipinski definition) is 2. The zero-order valence-corrected chi connectivity index (χ0v) is 7.58. The summed E-state index contributed by atoms with van der Waals surface area (Å²) in [7, 11) is 0. The first-order valence-corrected chi connectivity index (χ1v) is 4.55. The van der Waals surface area contributed by atoms with Gasteiger partial charge < -0.3 is 0 Å². The van der Waals surface area contributed by atoms with E-state index in [9.17, 15) is 4.79 Å². The second-order valence-electron chi connectivity index (χ2n) is 3.54. The Morgan fingerprint density at radius 1 is 1.54 bits per heavy atom. The Hall–Kier alpha value is -1.09. The van der Waals surface area contributed by atoms with E-state index in [1.807, 2.05) is 6.07 Å². The van der Waals surface area contributed by atoms with E-state index >= 15 is 0 Å². The molecule has 0 saturated heterocycles. The molecule has 0 unspecified atom stereocenters. The SMILES string of the molecule is O=C1N(Cl)c2cccnc2C12CC2. The maximum absolute atomic E-state index is 11.7. The normalized spacial score (nSPS) is 22.2. The fraction of sp³-hybridized carbons (Fsp3) is 0.333. The van der Waals surface area contributed by atoms with Gasteiger partial charge in [-0.05, 0) is 25.0 Å². The maximum Gasteiger partial charge on any atom is 0.254 e. The molecule has 0 atom stereocenters. The molecule has 2 aliphatic rings. The van der Waals surface area contributed by atoms with Gasteiger partial charge in [-0.3, -0.25) is 9.78 Å². The Morgan fingerprint density at radius 3 is 3.00 bits per heavy atom. The zero-order chi connectivity index (χ0) is 9.05. The first kappa shape index (κ1) is 7.33. The molecule has 1 saturated carbocycles. The summed E-state index contributed by atoms with van der Waals surface area (Å²) in [4.78, 5) is 15.9. The molecule has 1 fully saturated rings. The molecule has 0 radical (unpaired) electrons. The molecule has 0 bridgehead atoms. The largest absolute Gasteiger partial charge is 0.272 e. The number of carbonyl (C=O) groups excluding carboxylic acids is 1. The van der Waals surface area contributed by atoms with Crippen molar-refractivity contribution in [1.29, 1.82) is 0 Å². The molecule has 0 N–H and O–H groups in total. The molecule has 1 aromatic heterocycles. The lowest BCUT2D eigenvalue weighted by Crippen LogP contribution is -2.24. The molecule has 2 heterocycles. The Morgan fingerprint density at radius 2 is 2.31 bits per heavy atom. The molecule has 1 aliphatic carbocycles. The highest BCUT2D eigenvalue weighted by atomic mass is 35.5. The Kier molecular flexibility index (Phi) is 1.15. The molecule has 1 aromatic rings. The number of hydrogen-bond donors (Lipinski definition) is 0. The van der Waals surface area contributed by atoms with Crippen LogP contribution >= 0.6 is 11.8 Å². The number of anilines is 1. The zero-order valence-electron chi connectivity index (χ0n) is 6.83. The highest BCUT2D eigenvalue weighted by molar-refractivity contribution is 6.40. The first-order chi connectivity index (χ1) is 6.26. The lowest BCUT2D eigenvalue weighted by atomic mass is 10.0. The quantitative estimate of drug-likeness (QED) is 0.588. The molecule has 1 spiro atoms. The van der Waals surface area contributed by atoms with E-state index in [0.29, 0.717) is 0 Å². The molecule has 1 amide bonds. The van der Waals surface area contributed by atoms with E-state index in [1.165, 1.54) is 4.42 Å². The van der Waals surface area contributed by atoms with Gasteiger partial charge in [0.1, 0.15) is 0 Å². The number of fused-ring (bicyclic) bond motifs is 2. The summed E-state index contributed by atoms with van der Waals surface area (Å²) in [6.45, 7) is 0. The van der Waals surface area contributed by atoms with Gasteiger partial charge in [-0.25, -0.2) is 4.42 Å². The van der Waals surface area contributed by atoms with Crippen LogP contribution in [0, 0.1) is 0 Å².